The summed E-state index contributed by atoms with van der Waals surface area (Å²) in [6, 6.07) is 0. The quantitative estimate of drug-likeness (QED) is 0.778. The number of hydrogen-bond acceptors (Lipinski definition) is 2. The number of hydrogen-bond donors (Lipinski definition) is 1. The fourth-order valence-corrected chi connectivity index (χ4v) is 1.76. The molecule has 0 amide bonds. The molecule has 0 aromatic carbocycles. The van der Waals surface area contributed by atoms with E-state index >= 15 is 0 Å². The Kier molecular flexibility index (Phi) is 3.52. The molecule has 1 aliphatic heterocycles. The van der Waals surface area contributed by atoms with Gasteiger partial charge in [0.2, 0.25) is 0 Å². The molecule has 1 aliphatic rings. The van der Waals surface area contributed by atoms with E-state index in [1.807, 2.05) is 4.57 Å². The van der Waals surface area contributed by atoms with Crippen molar-refractivity contribution in [2.24, 2.45) is 0 Å². The number of nitrogens with zero attached hydrogens (tertiary/aromatic N) is 2. The largest absolute Gasteiger partial charge is 0.477 e. The fourth-order valence-electron chi connectivity index (χ4n) is 1.76. The Labute approximate surface area is 88.4 Å². The Hall–Kier alpha value is -1.03. The van der Waals surface area contributed by atoms with Crippen molar-refractivity contribution >= 4 is 18.4 Å². The van der Waals surface area contributed by atoms with Gasteiger partial charge >= 0.3 is 5.97 Å². The third kappa shape index (κ3) is 1.90. The van der Waals surface area contributed by atoms with E-state index < -0.39 is 5.97 Å². The highest BCUT2D eigenvalue weighted by Crippen LogP contribution is 2.15. The molecule has 0 spiro atoms. The summed E-state index contributed by atoms with van der Waals surface area (Å²) < 4.78 is 1.83. The minimum Gasteiger partial charge on any atom is -0.477 e. The van der Waals surface area contributed by atoms with Crippen molar-refractivity contribution < 1.29 is 9.90 Å². The lowest BCUT2D eigenvalue weighted by molar-refractivity contribution is 0.0684. The molecule has 0 saturated carbocycles. The summed E-state index contributed by atoms with van der Waals surface area (Å²) in [5, 5.41) is 8.86. The molecule has 0 fully saturated rings. The standard InChI is InChI=1S/C9H12N2O2.ClH/c12-9(13)7-6-10-8-4-2-1-3-5-11(7)8;/h6H,1-5H2,(H,12,13);1H. The van der Waals surface area contributed by atoms with Crippen LogP contribution in [0, 0.1) is 0 Å². The molecular formula is C9H13ClN2O2. The minimum atomic E-state index is -0.874. The summed E-state index contributed by atoms with van der Waals surface area (Å²) in [6.07, 6.45) is 5.72. The molecule has 4 nitrogen and oxygen atoms in total. The molecule has 0 unspecified atom stereocenters. The predicted molar refractivity (Wildman–Crippen MR) is 54.0 cm³/mol. The lowest BCUT2D eigenvalue weighted by atomic mass is 10.2. The van der Waals surface area contributed by atoms with Gasteiger partial charge in [-0.1, -0.05) is 6.42 Å². The molecule has 14 heavy (non-hydrogen) atoms. The van der Waals surface area contributed by atoms with Crippen molar-refractivity contribution in [3.63, 3.8) is 0 Å². The zero-order chi connectivity index (χ0) is 9.26. The summed E-state index contributed by atoms with van der Waals surface area (Å²) in [4.78, 5) is 14.9. The Morgan fingerprint density at radius 2 is 2.21 bits per heavy atom. The van der Waals surface area contributed by atoms with Crippen LogP contribution in [0.2, 0.25) is 0 Å². The van der Waals surface area contributed by atoms with E-state index in [2.05, 4.69) is 4.98 Å². The molecule has 1 aromatic rings. The highest BCUT2D eigenvalue weighted by molar-refractivity contribution is 5.85. The third-order valence-corrected chi connectivity index (χ3v) is 2.44. The number of imidazole rings is 1. The van der Waals surface area contributed by atoms with Gasteiger partial charge in [-0.25, -0.2) is 9.78 Å². The second-order valence-electron chi connectivity index (χ2n) is 3.33. The van der Waals surface area contributed by atoms with E-state index in [9.17, 15) is 4.79 Å². The highest BCUT2D eigenvalue weighted by atomic mass is 35.5. The van der Waals surface area contributed by atoms with Gasteiger partial charge in [-0.3, -0.25) is 0 Å². The Balaban J connectivity index is 0.000000980. The number of carbonyl (C=O) groups is 1. The zero-order valence-corrected chi connectivity index (χ0v) is 8.59. The van der Waals surface area contributed by atoms with Crippen molar-refractivity contribution in [3.05, 3.63) is 17.7 Å². The van der Waals surface area contributed by atoms with Crippen LogP contribution in [-0.2, 0) is 13.0 Å². The van der Waals surface area contributed by atoms with Crippen LogP contribution in [-0.4, -0.2) is 20.6 Å². The van der Waals surface area contributed by atoms with Gasteiger partial charge in [-0.05, 0) is 12.8 Å². The summed E-state index contributed by atoms with van der Waals surface area (Å²) in [5.41, 5.74) is 0.330. The summed E-state index contributed by atoms with van der Waals surface area (Å²) in [5.74, 6) is 0.0514. The van der Waals surface area contributed by atoms with Crippen LogP contribution in [0.25, 0.3) is 0 Å². The molecular weight excluding hydrogens is 204 g/mol. The molecule has 0 radical (unpaired) electrons. The third-order valence-electron chi connectivity index (χ3n) is 2.44. The fraction of sp³-hybridized carbons (Fsp3) is 0.556. The van der Waals surface area contributed by atoms with Crippen LogP contribution in [0.4, 0.5) is 0 Å². The number of carboxylic acid groups (broad SMARTS) is 1. The first-order valence-electron chi connectivity index (χ1n) is 4.57. The number of aryl methyl sites for hydroxylation is 1. The molecule has 0 aliphatic carbocycles. The number of aromatic nitrogens is 2. The molecule has 5 heteroatoms. The van der Waals surface area contributed by atoms with E-state index in [1.54, 1.807) is 0 Å². The molecule has 0 atom stereocenters. The normalized spacial score (nSPS) is 15.1. The summed E-state index contributed by atoms with van der Waals surface area (Å²) in [6.45, 7) is 0.803. The maximum absolute atomic E-state index is 10.8. The van der Waals surface area contributed by atoms with Crippen molar-refractivity contribution in [2.45, 2.75) is 32.2 Å². The van der Waals surface area contributed by atoms with Crippen LogP contribution in [0.3, 0.4) is 0 Å². The van der Waals surface area contributed by atoms with Gasteiger partial charge in [0.1, 0.15) is 11.5 Å². The van der Waals surface area contributed by atoms with Crippen LogP contribution in [0.5, 0.6) is 0 Å². The Morgan fingerprint density at radius 3 is 2.93 bits per heavy atom. The van der Waals surface area contributed by atoms with Gasteiger partial charge in [0.15, 0.2) is 0 Å². The Bertz CT molecular complexity index is 336. The molecule has 2 rings (SSSR count). The van der Waals surface area contributed by atoms with Gasteiger partial charge in [0.05, 0.1) is 6.20 Å². The number of halogens is 1. The maximum Gasteiger partial charge on any atom is 0.354 e. The number of fused-ring (bicyclic) bond motifs is 1. The topological polar surface area (TPSA) is 55.1 Å². The second kappa shape index (κ2) is 4.46. The molecule has 1 aromatic heterocycles. The summed E-state index contributed by atoms with van der Waals surface area (Å²) in [7, 11) is 0. The molecule has 78 valence electrons. The second-order valence-corrected chi connectivity index (χ2v) is 3.33. The smallest absolute Gasteiger partial charge is 0.354 e. The highest BCUT2D eigenvalue weighted by Gasteiger charge is 2.16. The number of aromatic carboxylic acids is 1. The molecule has 1 N–H and O–H groups in total. The Morgan fingerprint density at radius 1 is 1.43 bits per heavy atom. The van der Waals surface area contributed by atoms with E-state index in [4.69, 9.17) is 5.11 Å². The van der Waals surface area contributed by atoms with Gasteiger partial charge < -0.3 is 9.67 Å². The average Bonchev–Trinajstić information content (AvgIpc) is 2.36. The lowest BCUT2D eigenvalue weighted by Gasteiger charge is -2.04. The van der Waals surface area contributed by atoms with Crippen LogP contribution in [0.15, 0.2) is 6.20 Å². The number of carboxylic acids is 1. The van der Waals surface area contributed by atoms with Gasteiger partial charge in [0.25, 0.3) is 0 Å². The molecule has 0 bridgehead atoms. The van der Waals surface area contributed by atoms with E-state index in [-0.39, 0.29) is 12.4 Å². The van der Waals surface area contributed by atoms with Gasteiger partial charge in [0, 0.05) is 13.0 Å². The van der Waals surface area contributed by atoms with Crippen LogP contribution >= 0.6 is 12.4 Å². The predicted octanol–water partition coefficient (Wildman–Crippen LogP) is 1.73. The van der Waals surface area contributed by atoms with Gasteiger partial charge in [-0.2, -0.15) is 0 Å². The van der Waals surface area contributed by atoms with E-state index in [1.165, 1.54) is 12.6 Å². The first kappa shape index (κ1) is 11.0. The maximum atomic E-state index is 10.8. The first-order chi connectivity index (χ1) is 6.29. The van der Waals surface area contributed by atoms with Crippen LogP contribution < -0.4 is 0 Å². The summed E-state index contributed by atoms with van der Waals surface area (Å²) >= 11 is 0. The molecule has 0 saturated heterocycles. The van der Waals surface area contributed by atoms with Crippen molar-refractivity contribution in [1.82, 2.24) is 9.55 Å². The first-order valence-corrected chi connectivity index (χ1v) is 4.57. The number of rotatable bonds is 1. The van der Waals surface area contributed by atoms with Crippen molar-refractivity contribution in [2.75, 3.05) is 0 Å². The SMILES string of the molecule is Cl.O=C(O)c1cnc2n1CCCCC2. The zero-order valence-electron chi connectivity index (χ0n) is 7.77. The lowest BCUT2D eigenvalue weighted by Crippen LogP contribution is -2.09. The van der Waals surface area contributed by atoms with Crippen LogP contribution in [0.1, 0.15) is 35.6 Å². The average molecular weight is 217 g/mol. The van der Waals surface area contributed by atoms with Gasteiger partial charge in [-0.15, -0.1) is 12.4 Å². The van der Waals surface area contributed by atoms with Crippen molar-refractivity contribution in [3.8, 4) is 0 Å². The minimum absolute atomic E-state index is 0. The van der Waals surface area contributed by atoms with Crippen molar-refractivity contribution in [1.29, 1.82) is 0 Å². The van der Waals surface area contributed by atoms with E-state index in [0.29, 0.717) is 5.69 Å². The molecule has 2 heterocycles. The van der Waals surface area contributed by atoms with E-state index in [0.717, 1.165) is 31.6 Å². The monoisotopic (exact) mass is 216 g/mol.